The van der Waals surface area contributed by atoms with E-state index in [1.807, 2.05) is 0 Å². The van der Waals surface area contributed by atoms with Crippen molar-refractivity contribution < 1.29 is 18.7 Å². The molecule has 0 spiro atoms. The summed E-state index contributed by atoms with van der Waals surface area (Å²) < 4.78 is 25.8. The second-order valence-corrected chi connectivity index (χ2v) is 3.42. The Morgan fingerprint density at radius 3 is 2.69 bits per heavy atom. The van der Waals surface area contributed by atoms with Crippen molar-refractivity contribution in [2.24, 2.45) is 0 Å². The van der Waals surface area contributed by atoms with E-state index >= 15 is 0 Å². The summed E-state index contributed by atoms with van der Waals surface area (Å²) in [7, 11) is 0. The van der Waals surface area contributed by atoms with E-state index in [4.69, 9.17) is 5.11 Å². The molecule has 1 aromatic rings. The van der Waals surface area contributed by atoms with Gasteiger partial charge >= 0.3 is 5.97 Å². The molecule has 1 rings (SSSR count). The predicted octanol–water partition coefficient (Wildman–Crippen LogP) is 1.92. The first-order valence-corrected chi connectivity index (χ1v) is 4.94. The average molecular weight is 229 g/mol. The minimum absolute atomic E-state index is 0.0664. The summed E-state index contributed by atoms with van der Waals surface area (Å²) in [5.74, 6) is -2.30. The van der Waals surface area contributed by atoms with Crippen molar-refractivity contribution in [1.82, 2.24) is 5.32 Å². The highest BCUT2D eigenvalue weighted by Crippen LogP contribution is 2.09. The average Bonchev–Trinajstić information content (AvgIpc) is 2.21. The van der Waals surface area contributed by atoms with Gasteiger partial charge in [-0.15, -0.1) is 0 Å². The van der Waals surface area contributed by atoms with Crippen molar-refractivity contribution in [3.05, 3.63) is 35.4 Å². The topological polar surface area (TPSA) is 49.3 Å². The van der Waals surface area contributed by atoms with Gasteiger partial charge in [0, 0.05) is 18.2 Å². The summed E-state index contributed by atoms with van der Waals surface area (Å²) >= 11 is 0. The zero-order valence-corrected chi connectivity index (χ0v) is 8.84. The molecule has 0 fully saturated rings. The van der Waals surface area contributed by atoms with Gasteiger partial charge in [0.2, 0.25) is 0 Å². The fourth-order valence-electron chi connectivity index (χ4n) is 1.30. The first-order chi connectivity index (χ1) is 7.54. The van der Waals surface area contributed by atoms with Gasteiger partial charge in [0.25, 0.3) is 0 Å². The second kappa shape index (κ2) is 5.55. The van der Waals surface area contributed by atoms with Crippen LogP contribution in [0.1, 0.15) is 18.9 Å². The summed E-state index contributed by atoms with van der Waals surface area (Å²) in [6.07, 6.45) is 0.401. The highest BCUT2D eigenvalue weighted by atomic mass is 19.1. The quantitative estimate of drug-likeness (QED) is 0.811. The first-order valence-electron chi connectivity index (χ1n) is 4.94. The van der Waals surface area contributed by atoms with Crippen LogP contribution in [-0.2, 0) is 11.3 Å². The fraction of sp³-hybridized carbons (Fsp3) is 0.364. The first kappa shape index (κ1) is 12.6. The van der Waals surface area contributed by atoms with E-state index in [9.17, 15) is 13.6 Å². The lowest BCUT2D eigenvalue weighted by atomic mass is 10.1. The normalized spacial score (nSPS) is 12.4. The molecule has 1 aromatic carbocycles. The molecule has 3 nitrogen and oxygen atoms in total. The molecule has 2 N–H and O–H groups in total. The maximum Gasteiger partial charge on any atom is 0.320 e. The molecule has 0 aliphatic carbocycles. The van der Waals surface area contributed by atoms with Crippen LogP contribution in [-0.4, -0.2) is 17.1 Å². The van der Waals surface area contributed by atoms with Crippen LogP contribution in [0.25, 0.3) is 0 Å². The van der Waals surface area contributed by atoms with Crippen LogP contribution in [0, 0.1) is 11.6 Å². The SMILES string of the molecule is CCC(NCc1ccc(F)cc1F)C(=O)O. The Morgan fingerprint density at radius 2 is 2.19 bits per heavy atom. The number of hydrogen-bond acceptors (Lipinski definition) is 2. The minimum atomic E-state index is -0.981. The molecular formula is C11H13F2NO2. The summed E-state index contributed by atoms with van der Waals surface area (Å²) in [6, 6.07) is 2.50. The molecule has 0 aliphatic heterocycles. The van der Waals surface area contributed by atoms with Crippen LogP contribution < -0.4 is 5.32 Å². The number of carboxylic acid groups (broad SMARTS) is 1. The van der Waals surface area contributed by atoms with Gasteiger partial charge in [0.05, 0.1) is 0 Å². The van der Waals surface area contributed by atoms with E-state index in [2.05, 4.69) is 5.32 Å². The summed E-state index contributed by atoms with van der Waals surface area (Å²) in [5, 5.41) is 11.4. The van der Waals surface area contributed by atoms with E-state index in [-0.39, 0.29) is 12.1 Å². The third-order valence-corrected chi connectivity index (χ3v) is 2.26. The zero-order chi connectivity index (χ0) is 12.1. The number of nitrogens with one attached hydrogen (secondary N) is 1. The molecule has 1 atom stereocenters. The zero-order valence-electron chi connectivity index (χ0n) is 8.84. The Hall–Kier alpha value is -1.49. The van der Waals surface area contributed by atoms with Crippen LogP contribution in [0.15, 0.2) is 18.2 Å². The Labute approximate surface area is 92.1 Å². The Balaban J connectivity index is 2.63. The maximum atomic E-state index is 13.2. The number of carboxylic acids is 1. The lowest BCUT2D eigenvalue weighted by molar-refractivity contribution is -0.139. The van der Waals surface area contributed by atoms with Crippen molar-refractivity contribution in [3.63, 3.8) is 0 Å². The van der Waals surface area contributed by atoms with E-state index < -0.39 is 23.6 Å². The smallest absolute Gasteiger partial charge is 0.320 e. The molecule has 0 bridgehead atoms. The van der Waals surface area contributed by atoms with Gasteiger partial charge < -0.3 is 10.4 Å². The summed E-state index contributed by atoms with van der Waals surface area (Å²) in [4.78, 5) is 10.7. The van der Waals surface area contributed by atoms with Gasteiger partial charge in [-0.05, 0) is 12.5 Å². The van der Waals surface area contributed by atoms with E-state index in [1.165, 1.54) is 6.07 Å². The van der Waals surface area contributed by atoms with Crippen LogP contribution in [0.3, 0.4) is 0 Å². The minimum Gasteiger partial charge on any atom is -0.480 e. The molecule has 0 saturated carbocycles. The van der Waals surface area contributed by atoms with Crippen LogP contribution in [0.5, 0.6) is 0 Å². The van der Waals surface area contributed by atoms with Crippen LogP contribution in [0.2, 0.25) is 0 Å². The Morgan fingerprint density at radius 1 is 1.50 bits per heavy atom. The molecule has 0 heterocycles. The number of rotatable bonds is 5. The van der Waals surface area contributed by atoms with Gasteiger partial charge in [-0.2, -0.15) is 0 Å². The number of benzene rings is 1. The highest BCUT2D eigenvalue weighted by Gasteiger charge is 2.14. The molecule has 16 heavy (non-hydrogen) atoms. The van der Waals surface area contributed by atoms with Crippen LogP contribution >= 0.6 is 0 Å². The Bertz CT molecular complexity index is 382. The fourth-order valence-corrected chi connectivity index (χ4v) is 1.30. The lowest BCUT2D eigenvalue weighted by Crippen LogP contribution is -2.35. The van der Waals surface area contributed by atoms with Crippen molar-refractivity contribution in [2.75, 3.05) is 0 Å². The predicted molar refractivity (Wildman–Crippen MR) is 54.9 cm³/mol. The molecule has 0 saturated heterocycles. The number of hydrogen-bond donors (Lipinski definition) is 2. The molecule has 0 aliphatic rings. The summed E-state index contributed by atoms with van der Waals surface area (Å²) in [6.45, 7) is 1.78. The van der Waals surface area contributed by atoms with Gasteiger partial charge in [0.15, 0.2) is 0 Å². The Kier molecular flexibility index (Phi) is 4.37. The van der Waals surface area contributed by atoms with Crippen molar-refractivity contribution in [1.29, 1.82) is 0 Å². The van der Waals surface area contributed by atoms with Gasteiger partial charge in [-0.1, -0.05) is 13.0 Å². The van der Waals surface area contributed by atoms with E-state index in [0.29, 0.717) is 6.42 Å². The van der Waals surface area contributed by atoms with Crippen molar-refractivity contribution >= 4 is 5.97 Å². The van der Waals surface area contributed by atoms with Crippen LogP contribution in [0.4, 0.5) is 8.78 Å². The van der Waals surface area contributed by atoms with Crippen molar-refractivity contribution in [3.8, 4) is 0 Å². The van der Waals surface area contributed by atoms with E-state index in [0.717, 1.165) is 12.1 Å². The third-order valence-electron chi connectivity index (χ3n) is 2.26. The van der Waals surface area contributed by atoms with Crippen molar-refractivity contribution in [2.45, 2.75) is 25.9 Å². The standard InChI is InChI=1S/C11H13F2NO2/c1-2-10(11(15)16)14-6-7-3-4-8(12)5-9(7)13/h3-5,10,14H,2,6H2,1H3,(H,15,16). The highest BCUT2D eigenvalue weighted by molar-refractivity contribution is 5.73. The van der Waals surface area contributed by atoms with Gasteiger partial charge in [0.1, 0.15) is 17.7 Å². The molecule has 0 aromatic heterocycles. The third kappa shape index (κ3) is 3.27. The number of carbonyl (C=O) groups is 1. The number of halogens is 2. The molecular weight excluding hydrogens is 216 g/mol. The number of aliphatic carboxylic acids is 1. The molecule has 0 radical (unpaired) electrons. The summed E-state index contributed by atoms with van der Waals surface area (Å²) in [5.41, 5.74) is 0.251. The lowest BCUT2D eigenvalue weighted by Gasteiger charge is -2.12. The van der Waals surface area contributed by atoms with Gasteiger partial charge in [-0.3, -0.25) is 4.79 Å². The molecule has 0 amide bonds. The molecule has 88 valence electrons. The second-order valence-electron chi connectivity index (χ2n) is 3.42. The molecule has 1 unspecified atom stereocenters. The monoisotopic (exact) mass is 229 g/mol. The molecule has 5 heteroatoms. The van der Waals surface area contributed by atoms with Gasteiger partial charge in [-0.25, -0.2) is 8.78 Å². The maximum absolute atomic E-state index is 13.2. The van der Waals surface area contributed by atoms with E-state index in [1.54, 1.807) is 6.92 Å². The largest absolute Gasteiger partial charge is 0.480 e.